The lowest BCUT2D eigenvalue weighted by molar-refractivity contribution is -0.124. The van der Waals surface area contributed by atoms with Gasteiger partial charge in [-0.1, -0.05) is 36.5 Å². The van der Waals surface area contributed by atoms with Gasteiger partial charge in [0.25, 0.3) is 0 Å². The molecule has 0 unspecified atom stereocenters. The molecule has 4 aliphatic rings. The van der Waals surface area contributed by atoms with Gasteiger partial charge >= 0.3 is 0 Å². The minimum atomic E-state index is 0.152. The standard InChI is InChI=1S/C13H14O/c14-13-11-3-1-2-4-12(13)10-7-5-9(11)6-8-10/h1-5,7,9-12H,6,8H2/t9-,10+,11+,12-. The molecule has 4 bridgehead atoms. The Labute approximate surface area is 84.2 Å². The molecule has 4 rings (SSSR count). The average Bonchev–Trinajstić information content (AvgIpc) is 2.54. The summed E-state index contributed by atoms with van der Waals surface area (Å²) in [5.74, 6) is 1.68. The van der Waals surface area contributed by atoms with Crippen LogP contribution in [0.15, 0.2) is 36.5 Å². The van der Waals surface area contributed by atoms with E-state index in [2.05, 4.69) is 24.3 Å². The maximum atomic E-state index is 12.2. The lowest BCUT2D eigenvalue weighted by Crippen LogP contribution is -2.23. The van der Waals surface area contributed by atoms with Crippen molar-refractivity contribution in [3.8, 4) is 0 Å². The van der Waals surface area contributed by atoms with Gasteiger partial charge in [0, 0.05) is 11.8 Å². The van der Waals surface area contributed by atoms with Crippen LogP contribution in [-0.2, 0) is 4.79 Å². The van der Waals surface area contributed by atoms with Crippen molar-refractivity contribution in [1.29, 1.82) is 0 Å². The Bertz CT molecular complexity index is 316. The third kappa shape index (κ3) is 1.05. The van der Waals surface area contributed by atoms with Crippen LogP contribution in [0.25, 0.3) is 0 Å². The highest BCUT2D eigenvalue weighted by Gasteiger charge is 2.39. The number of Topliss-reactive ketones (excluding diaryl/α,β-unsaturated/α-hetero) is 1. The molecule has 1 saturated carbocycles. The van der Waals surface area contributed by atoms with Crippen LogP contribution in [0.5, 0.6) is 0 Å². The van der Waals surface area contributed by atoms with Crippen molar-refractivity contribution in [3.05, 3.63) is 36.5 Å². The predicted octanol–water partition coefficient (Wildman–Crippen LogP) is 2.51. The largest absolute Gasteiger partial charge is 0.298 e. The normalized spacial score (nSPS) is 43.9. The summed E-state index contributed by atoms with van der Waals surface area (Å²) in [6.07, 6.45) is 15.1. The second kappa shape index (κ2) is 2.94. The number of fused-ring (bicyclic) bond motifs is 1. The first-order valence-electron chi connectivity index (χ1n) is 5.43. The molecule has 4 atom stereocenters. The monoisotopic (exact) mass is 186 g/mol. The first-order chi connectivity index (χ1) is 6.86. The highest BCUT2D eigenvalue weighted by molar-refractivity contribution is 5.88. The zero-order valence-corrected chi connectivity index (χ0v) is 8.10. The highest BCUT2D eigenvalue weighted by atomic mass is 16.1. The number of hydrogen-bond donors (Lipinski definition) is 0. The molecule has 4 aliphatic carbocycles. The van der Waals surface area contributed by atoms with Gasteiger partial charge < -0.3 is 0 Å². The minimum Gasteiger partial charge on any atom is -0.298 e. The Morgan fingerprint density at radius 2 is 1.36 bits per heavy atom. The van der Waals surface area contributed by atoms with Crippen LogP contribution in [0.3, 0.4) is 0 Å². The molecule has 0 radical (unpaired) electrons. The fraction of sp³-hybridized carbons (Fsp3) is 0.462. The molecule has 14 heavy (non-hydrogen) atoms. The third-order valence-corrected chi connectivity index (χ3v) is 3.77. The van der Waals surface area contributed by atoms with E-state index in [4.69, 9.17) is 0 Å². The van der Waals surface area contributed by atoms with Crippen LogP contribution in [0.4, 0.5) is 0 Å². The fourth-order valence-corrected chi connectivity index (χ4v) is 2.95. The molecule has 72 valence electrons. The fourth-order valence-electron chi connectivity index (χ4n) is 2.95. The number of carbonyl (C=O) groups is 1. The number of carbonyl (C=O) groups excluding carboxylic acids is 1. The molecule has 0 aromatic heterocycles. The van der Waals surface area contributed by atoms with Gasteiger partial charge in [0.1, 0.15) is 5.78 Å². The highest BCUT2D eigenvalue weighted by Crippen LogP contribution is 2.41. The predicted molar refractivity (Wildman–Crippen MR) is 55.6 cm³/mol. The van der Waals surface area contributed by atoms with Crippen molar-refractivity contribution >= 4 is 5.78 Å². The van der Waals surface area contributed by atoms with Crippen molar-refractivity contribution in [1.82, 2.24) is 0 Å². The summed E-state index contributed by atoms with van der Waals surface area (Å²) in [6.45, 7) is 0. The summed E-state index contributed by atoms with van der Waals surface area (Å²) in [4.78, 5) is 12.2. The molecular formula is C13H14O. The molecule has 1 fully saturated rings. The van der Waals surface area contributed by atoms with E-state index in [1.807, 2.05) is 12.2 Å². The maximum Gasteiger partial charge on any atom is 0.147 e. The summed E-state index contributed by atoms with van der Waals surface area (Å²) < 4.78 is 0. The van der Waals surface area contributed by atoms with Gasteiger partial charge in [-0.15, -0.1) is 0 Å². The zero-order chi connectivity index (χ0) is 9.54. The Kier molecular flexibility index (Phi) is 1.73. The van der Waals surface area contributed by atoms with Crippen molar-refractivity contribution < 1.29 is 4.79 Å². The summed E-state index contributed by atoms with van der Waals surface area (Å²) in [5.41, 5.74) is 0. The molecule has 1 nitrogen and oxygen atoms in total. The third-order valence-electron chi connectivity index (χ3n) is 3.77. The zero-order valence-electron chi connectivity index (χ0n) is 8.10. The molecule has 0 spiro atoms. The quantitative estimate of drug-likeness (QED) is 0.531. The van der Waals surface area contributed by atoms with Crippen LogP contribution < -0.4 is 0 Å². The second-order valence-electron chi connectivity index (χ2n) is 4.51. The van der Waals surface area contributed by atoms with E-state index in [0.717, 1.165) is 0 Å². The molecule has 0 heterocycles. The summed E-state index contributed by atoms with van der Waals surface area (Å²) in [5, 5.41) is 0. The van der Waals surface area contributed by atoms with Crippen molar-refractivity contribution in [2.45, 2.75) is 12.8 Å². The van der Waals surface area contributed by atoms with Crippen LogP contribution in [0.2, 0.25) is 0 Å². The molecule has 0 amide bonds. The van der Waals surface area contributed by atoms with Gasteiger partial charge in [0.2, 0.25) is 0 Å². The smallest absolute Gasteiger partial charge is 0.147 e. The molecule has 0 saturated heterocycles. The molecule has 0 aromatic carbocycles. The lowest BCUT2D eigenvalue weighted by Gasteiger charge is -2.20. The van der Waals surface area contributed by atoms with E-state index in [1.165, 1.54) is 12.8 Å². The number of hydrogen-bond acceptors (Lipinski definition) is 1. The lowest BCUT2D eigenvalue weighted by atomic mass is 9.84. The summed E-state index contributed by atoms with van der Waals surface area (Å²) in [6, 6.07) is 0. The molecule has 0 aliphatic heterocycles. The number of ketones is 1. The van der Waals surface area contributed by atoms with E-state index < -0.39 is 0 Å². The van der Waals surface area contributed by atoms with Gasteiger partial charge in [-0.05, 0) is 24.7 Å². The first-order valence-corrected chi connectivity index (χ1v) is 5.43. The van der Waals surface area contributed by atoms with Crippen LogP contribution in [0, 0.1) is 23.7 Å². The minimum absolute atomic E-state index is 0.152. The Morgan fingerprint density at radius 3 is 1.79 bits per heavy atom. The van der Waals surface area contributed by atoms with Gasteiger partial charge in [-0.3, -0.25) is 4.79 Å². The number of rotatable bonds is 0. The second-order valence-corrected chi connectivity index (χ2v) is 4.51. The van der Waals surface area contributed by atoms with Crippen LogP contribution >= 0.6 is 0 Å². The van der Waals surface area contributed by atoms with Crippen LogP contribution in [-0.4, -0.2) is 5.78 Å². The van der Waals surface area contributed by atoms with E-state index in [-0.39, 0.29) is 11.8 Å². The number of allylic oxidation sites excluding steroid dienone is 6. The Morgan fingerprint density at radius 1 is 0.857 bits per heavy atom. The maximum absolute atomic E-state index is 12.2. The Hall–Kier alpha value is -1.11. The summed E-state index contributed by atoms with van der Waals surface area (Å²) >= 11 is 0. The van der Waals surface area contributed by atoms with Crippen LogP contribution in [0.1, 0.15) is 12.8 Å². The van der Waals surface area contributed by atoms with E-state index in [1.54, 1.807) is 0 Å². The first kappa shape index (κ1) is 8.22. The summed E-state index contributed by atoms with van der Waals surface area (Å²) in [7, 11) is 0. The average molecular weight is 186 g/mol. The molecule has 1 heteroatoms. The van der Waals surface area contributed by atoms with E-state index in [9.17, 15) is 4.79 Å². The Balaban J connectivity index is 2.12. The van der Waals surface area contributed by atoms with Crippen molar-refractivity contribution in [2.75, 3.05) is 0 Å². The molecular weight excluding hydrogens is 172 g/mol. The van der Waals surface area contributed by atoms with Gasteiger partial charge in [-0.25, -0.2) is 0 Å². The topological polar surface area (TPSA) is 17.1 Å². The van der Waals surface area contributed by atoms with Crippen molar-refractivity contribution in [2.24, 2.45) is 23.7 Å². The molecule has 0 N–H and O–H groups in total. The van der Waals surface area contributed by atoms with Gasteiger partial charge in [0.15, 0.2) is 0 Å². The SMILES string of the molecule is O=C1[C@H]2C=CC=C[C@@H]1[C@H]1C=C[C@@H]2CC1. The van der Waals surface area contributed by atoms with Crippen molar-refractivity contribution in [3.63, 3.8) is 0 Å². The van der Waals surface area contributed by atoms with E-state index in [0.29, 0.717) is 17.6 Å². The van der Waals surface area contributed by atoms with Gasteiger partial charge in [-0.2, -0.15) is 0 Å². The van der Waals surface area contributed by atoms with Gasteiger partial charge in [0.05, 0.1) is 0 Å². The van der Waals surface area contributed by atoms with E-state index >= 15 is 0 Å². The molecule has 0 aromatic rings.